The van der Waals surface area contributed by atoms with Crippen molar-refractivity contribution in [3.63, 3.8) is 0 Å². The summed E-state index contributed by atoms with van der Waals surface area (Å²) in [4.78, 5) is 65.0. The van der Waals surface area contributed by atoms with Crippen molar-refractivity contribution in [2.24, 2.45) is 35.0 Å². The minimum atomic E-state index is -1.18. The fourth-order valence-electron chi connectivity index (χ4n) is 9.67. The molecule has 4 heterocycles. The first kappa shape index (κ1) is 31.4. The Balaban J connectivity index is 1.03. The summed E-state index contributed by atoms with van der Waals surface area (Å²) in [6.45, 7) is 1.86. The fourth-order valence-corrected chi connectivity index (χ4v) is 9.67. The van der Waals surface area contributed by atoms with Crippen molar-refractivity contribution in [2.75, 3.05) is 9.80 Å². The number of aromatic hydroxyl groups is 1. The number of hydrogen-bond donors (Lipinski definition) is 1. The molecule has 1 saturated carbocycles. The number of aromatic nitrogens is 1. The van der Waals surface area contributed by atoms with Crippen molar-refractivity contribution in [1.29, 1.82) is 0 Å². The second kappa shape index (κ2) is 11.4. The quantitative estimate of drug-likeness (QED) is 0.157. The van der Waals surface area contributed by atoms with Crippen LogP contribution in [0.15, 0.2) is 125 Å². The molecule has 10 rings (SSSR count). The van der Waals surface area contributed by atoms with Crippen LogP contribution >= 0.6 is 0 Å². The predicted octanol–water partition coefficient (Wildman–Crippen LogP) is 6.99. The van der Waals surface area contributed by atoms with E-state index in [4.69, 9.17) is 9.15 Å². The Kier molecular flexibility index (Phi) is 6.74. The molecule has 2 aliphatic carbocycles. The number of ether oxygens (including phenoxy) is 1. The van der Waals surface area contributed by atoms with E-state index in [1.165, 1.54) is 9.80 Å². The Labute approximate surface area is 304 Å². The van der Waals surface area contributed by atoms with E-state index < -0.39 is 35.0 Å². The van der Waals surface area contributed by atoms with Gasteiger partial charge in [0, 0.05) is 23.5 Å². The maximum Gasteiger partial charge on any atom is 0.241 e. The second-order valence-electron chi connectivity index (χ2n) is 14.8. The lowest BCUT2D eigenvalue weighted by atomic mass is 9.51. The predicted molar refractivity (Wildman–Crippen MR) is 194 cm³/mol. The van der Waals surface area contributed by atoms with Gasteiger partial charge in [-0.1, -0.05) is 42.0 Å². The maximum atomic E-state index is 14.7. The van der Waals surface area contributed by atoms with Crippen LogP contribution in [-0.4, -0.2) is 33.7 Å². The van der Waals surface area contributed by atoms with Gasteiger partial charge in [0.2, 0.25) is 29.5 Å². The fraction of sp³-hybridized carbons (Fsp3) is 0.233. The van der Waals surface area contributed by atoms with Crippen LogP contribution in [0.1, 0.15) is 25.3 Å². The van der Waals surface area contributed by atoms with Crippen LogP contribution in [0.3, 0.4) is 0 Å². The molecular weight excluding hydrogens is 670 g/mol. The summed E-state index contributed by atoms with van der Waals surface area (Å²) in [5.41, 5.74) is 4.30. The smallest absolute Gasteiger partial charge is 0.241 e. The van der Waals surface area contributed by atoms with Gasteiger partial charge in [0.25, 0.3) is 0 Å². The number of benzene rings is 4. The summed E-state index contributed by atoms with van der Waals surface area (Å²) < 4.78 is 12.0. The number of nitrogens with zero attached hydrogens (tertiary/aromatic N) is 3. The summed E-state index contributed by atoms with van der Waals surface area (Å²) in [6.07, 6.45) is 4.66. The van der Waals surface area contributed by atoms with Crippen molar-refractivity contribution in [1.82, 2.24) is 4.98 Å². The molecular formula is C43H33N3O7. The normalized spacial score (nSPS) is 27.5. The van der Waals surface area contributed by atoms with Crippen molar-refractivity contribution in [2.45, 2.75) is 26.2 Å². The monoisotopic (exact) mass is 703 g/mol. The number of carbonyl (C=O) groups excluding carboxylic acids is 4. The van der Waals surface area contributed by atoms with E-state index in [9.17, 15) is 24.3 Å². The van der Waals surface area contributed by atoms with E-state index in [2.05, 4.69) is 4.98 Å². The highest BCUT2D eigenvalue weighted by Crippen LogP contribution is 2.63. The zero-order valence-corrected chi connectivity index (χ0v) is 28.6. The van der Waals surface area contributed by atoms with Gasteiger partial charge in [0.15, 0.2) is 5.58 Å². The number of amides is 4. The molecule has 0 bridgehead atoms. The van der Waals surface area contributed by atoms with Crippen LogP contribution in [0.5, 0.6) is 11.5 Å². The van der Waals surface area contributed by atoms with Gasteiger partial charge >= 0.3 is 0 Å². The lowest BCUT2D eigenvalue weighted by Crippen LogP contribution is -2.51. The number of para-hydroxylation sites is 3. The van der Waals surface area contributed by atoms with Gasteiger partial charge < -0.3 is 14.3 Å². The average molecular weight is 704 g/mol. The molecule has 4 aromatic carbocycles. The summed E-state index contributed by atoms with van der Waals surface area (Å²) in [6, 6.07) is 28.4. The van der Waals surface area contributed by atoms with Gasteiger partial charge in [-0.25, -0.2) is 9.88 Å². The van der Waals surface area contributed by atoms with Gasteiger partial charge in [-0.05, 0) is 98.0 Å². The Morgan fingerprint density at radius 1 is 0.811 bits per heavy atom. The highest BCUT2D eigenvalue weighted by atomic mass is 16.5. The Hall–Kier alpha value is -6.29. The number of oxazole rings is 1. The molecule has 5 aromatic rings. The highest BCUT2D eigenvalue weighted by molar-refractivity contribution is 6.25. The van der Waals surface area contributed by atoms with E-state index in [1.54, 1.807) is 73.0 Å². The zero-order chi connectivity index (χ0) is 36.2. The number of rotatable bonds is 4. The number of phenolic OH excluding ortho intramolecular Hbond substituents is 1. The third-order valence-corrected chi connectivity index (χ3v) is 12.1. The molecule has 1 aromatic heterocycles. The zero-order valence-electron chi connectivity index (χ0n) is 28.6. The van der Waals surface area contributed by atoms with Gasteiger partial charge in [0.1, 0.15) is 17.0 Å². The first-order valence-electron chi connectivity index (χ1n) is 17.9. The molecule has 3 aliphatic heterocycles. The molecule has 4 amide bonds. The van der Waals surface area contributed by atoms with Crippen LogP contribution < -0.4 is 14.5 Å². The van der Waals surface area contributed by atoms with Crippen LogP contribution in [0.2, 0.25) is 0 Å². The number of fused-ring (bicyclic) bond motifs is 6. The molecule has 0 spiro atoms. The molecule has 10 heteroatoms. The first-order chi connectivity index (χ1) is 25.7. The topological polar surface area (TPSA) is 130 Å². The number of hydrogen-bond acceptors (Lipinski definition) is 8. The summed E-state index contributed by atoms with van der Waals surface area (Å²) in [7, 11) is 0. The lowest BCUT2D eigenvalue weighted by Gasteiger charge is -2.49. The van der Waals surface area contributed by atoms with E-state index in [0.717, 1.165) is 22.2 Å². The Bertz CT molecular complexity index is 2430. The molecule has 10 nitrogen and oxygen atoms in total. The SMILES string of the molecule is CC12C(=O)N(c3ccccc3)C(=O)C1CC1C(=CCC3C(=O)N(c4ccc(-c5nc6ccccc6o5)cc4)C(=O)C31)C2C1=COc2ccc(O)cc2C1. The van der Waals surface area contributed by atoms with Crippen LogP contribution in [0.4, 0.5) is 11.4 Å². The van der Waals surface area contributed by atoms with E-state index in [1.807, 2.05) is 43.3 Å². The number of anilines is 2. The van der Waals surface area contributed by atoms with Crippen molar-refractivity contribution < 1.29 is 33.4 Å². The van der Waals surface area contributed by atoms with Gasteiger partial charge in [-0.2, -0.15) is 0 Å². The second-order valence-corrected chi connectivity index (χ2v) is 14.8. The number of allylic oxidation sites excluding steroid dienone is 3. The van der Waals surface area contributed by atoms with Crippen molar-refractivity contribution in [3.05, 3.63) is 126 Å². The highest BCUT2D eigenvalue weighted by Gasteiger charge is 2.68. The molecule has 3 fully saturated rings. The average Bonchev–Trinajstić information content (AvgIpc) is 3.78. The molecule has 0 radical (unpaired) electrons. The minimum absolute atomic E-state index is 0.0957. The summed E-state index contributed by atoms with van der Waals surface area (Å²) in [5.74, 6) is -3.17. The summed E-state index contributed by atoms with van der Waals surface area (Å²) in [5, 5.41) is 10.3. The molecule has 6 atom stereocenters. The molecule has 1 N–H and O–H groups in total. The maximum absolute atomic E-state index is 14.7. The largest absolute Gasteiger partial charge is 0.508 e. The number of imide groups is 2. The number of phenols is 1. The third kappa shape index (κ3) is 4.47. The summed E-state index contributed by atoms with van der Waals surface area (Å²) >= 11 is 0. The van der Waals surface area contributed by atoms with Crippen molar-refractivity contribution in [3.8, 4) is 23.0 Å². The van der Waals surface area contributed by atoms with E-state index >= 15 is 0 Å². The Morgan fingerprint density at radius 3 is 2.36 bits per heavy atom. The van der Waals surface area contributed by atoms with Crippen LogP contribution in [-0.2, 0) is 25.6 Å². The van der Waals surface area contributed by atoms with E-state index in [-0.39, 0.29) is 35.8 Å². The minimum Gasteiger partial charge on any atom is -0.508 e. The van der Waals surface area contributed by atoms with Gasteiger partial charge in [-0.15, -0.1) is 0 Å². The van der Waals surface area contributed by atoms with Gasteiger partial charge in [0.05, 0.1) is 40.8 Å². The lowest BCUT2D eigenvalue weighted by molar-refractivity contribution is -0.132. The number of carbonyl (C=O) groups is 4. The molecule has 53 heavy (non-hydrogen) atoms. The van der Waals surface area contributed by atoms with Crippen molar-refractivity contribution >= 4 is 46.1 Å². The van der Waals surface area contributed by atoms with E-state index in [0.29, 0.717) is 47.0 Å². The molecule has 2 saturated heterocycles. The third-order valence-electron chi connectivity index (χ3n) is 12.1. The van der Waals surface area contributed by atoms with Gasteiger partial charge in [-0.3, -0.25) is 24.1 Å². The Morgan fingerprint density at radius 2 is 1.57 bits per heavy atom. The molecule has 6 unspecified atom stereocenters. The molecule has 262 valence electrons. The van der Waals surface area contributed by atoms with Crippen LogP contribution in [0, 0.1) is 35.0 Å². The molecule has 5 aliphatic rings. The standard InChI is InChI=1S/C43H33N3O7/c1-43-32(40(49)46(42(43)51)26-7-3-2-4-8-26)21-31-29(37(43)25-19-24-20-28(47)15-18-34(24)52-22-25)16-17-30-36(31)41(50)45(39(30)48)27-13-11-23(12-14-27)38-44-33-9-5-6-10-35(33)53-38/h2-16,18,20,22,30-32,36-37,47H,17,19,21H2,1H3. The first-order valence-corrected chi connectivity index (χ1v) is 17.9. The van der Waals surface area contributed by atoms with Crippen LogP contribution in [0.25, 0.3) is 22.6 Å².